The van der Waals surface area contributed by atoms with Crippen LogP contribution in [0, 0.1) is 0 Å². The fraction of sp³-hybridized carbons (Fsp3) is 0.872. The highest BCUT2D eigenvalue weighted by molar-refractivity contribution is 5.92. The van der Waals surface area contributed by atoms with Crippen LogP contribution < -0.4 is 44.3 Å². The maximum Gasteiger partial charge on any atom is 0.246 e. The van der Waals surface area contributed by atoms with Crippen LogP contribution in [0.4, 0.5) is 0 Å². The molecule has 11 N–H and O–H groups in total. The Bertz CT molecular complexity index is 1140. The summed E-state index contributed by atoms with van der Waals surface area (Å²) in [6.45, 7) is 7.78. The molecule has 0 fully saturated rings. The summed E-state index contributed by atoms with van der Waals surface area (Å²) in [5.74, 6) is 12.7. The maximum absolute atomic E-state index is 13.7. The van der Waals surface area contributed by atoms with Crippen LogP contribution in [0.1, 0.15) is 51.9 Å². The Balaban J connectivity index is 4.94. The van der Waals surface area contributed by atoms with E-state index in [-0.39, 0.29) is 90.0 Å². The van der Waals surface area contributed by atoms with Crippen molar-refractivity contribution in [2.75, 3.05) is 158 Å². The van der Waals surface area contributed by atoms with Crippen LogP contribution in [0.5, 0.6) is 0 Å². The van der Waals surface area contributed by atoms with Crippen molar-refractivity contribution in [3.05, 3.63) is 0 Å². The number of ether oxygens (including phenoxy) is 9. The lowest BCUT2D eigenvalue weighted by Crippen LogP contribution is -2.54. The minimum absolute atomic E-state index is 0.124. The number of unbranched alkanes of at least 4 members (excludes halogenated alkanes) is 2. The number of carbonyl (C=O) groups excluding carboxylic acids is 5. The molecule has 2 unspecified atom stereocenters. The molecule has 0 aliphatic carbocycles. The molecule has 5 amide bonds. The van der Waals surface area contributed by atoms with E-state index in [1.165, 1.54) is 0 Å². The first-order valence-electron chi connectivity index (χ1n) is 21.8. The van der Waals surface area contributed by atoms with Gasteiger partial charge in [0.1, 0.15) is 31.9 Å². The average molecular weight is 931 g/mol. The molecule has 0 saturated heterocycles. The fourth-order valence-electron chi connectivity index (χ4n) is 5.06. The molecule has 25 heteroatoms. The topological polar surface area (TPSA) is 334 Å². The molecular formula is C39H78N8O17. The Labute approximate surface area is 376 Å². The molecule has 0 aliphatic rings. The highest BCUT2D eigenvalue weighted by Crippen LogP contribution is 2.06. The lowest BCUT2D eigenvalue weighted by Gasteiger charge is -2.23. The number of carbonyl (C=O) groups is 5. The second kappa shape index (κ2) is 47.7. The Kier molecular flexibility index (Phi) is 45.3. The van der Waals surface area contributed by atoms with Gasteiger partial charge in [0.2, 0.25) is 29.5 Å². The third-order valence-corrected chi connectivity index (χ3v) is 8.29. The van der Waals surface area contributed by atoms with Crippen molar-refractivity contribution in [2.45, 2.75) is 64.0 Å². The second-order valence-corrected chi connectivity index (χ2v) is 13.6. The third kappa shape index (κ3) is 41.5. The molecule has 0 radical (unpaired) electrons. The highest BCUT2D eigenvalue weighted by atomic mass is 16.6. The summed E-state index contributed by atoms with van der Waals surface area (Å²) >= 11 is 0. The maximum atomic E-state index is 13.7. The third-order valence-electron chi connectivity index (χ3n) is 8.29. The largest absolute Gasteiger partial charge is 0.377 e. The van der Waals surface area contributed by atoms with Crippen LogP contribution in [0.2, 0.25) is 0 Å². The van der Waals surface area contributed by atoms with Crippen molar-refractivity contribution in [1.29, 1.82) is 0 Å². The van der Waals surface area contributed by atoms with E-state index in [1.54, 1.807) is 0 Å². The van der Waals surface area contributed by atoms with Gasteiger partial charge in [-0.25, -0.2) is 17.7 Å². The molecule has 376 valence electrons. The predicted octanol–water partition coefficient (Wildman–Crippen LogP) is -3.12. The zero-order valence-electron chi connectivity index (χ0n) is 37.7. The Hall–Kier alpha value is -3.25. The molecule has 25 nitrogen and oxygen atoms in total. The minimum Gasteiger partial charge on any atom is -0.377 e. The van der Waals surface area contributed by atoms with E-state index in [1.807, 2.05) is 6.92 Å². The normalized spacial score (nSPS) is 12.1. The summed E-state index contributed by atoms with van der Waals surface area (Å²) < 4.78 is 48.0. The number of hydrogen-bond donors (Lipinski definition) is 8. The molecule has 2 atom stereocenters. The molecule has 64 heavy (non-hydrogen) atoms. The molecule has 0 aromatic heterocycles. The van der Waals surface area contributed by atoms with Gasteiger partial charge < -0.3 is 83.7 Å². The summed E-state index contributed by atoms with van der Waals surface area (Å²) in [7, 11) is 0. The monoisotopic (exact) mass is 931 g/mol. The summed E-state index contributed by atoms with van der Waals surface area (Å²) in [6.07, 6.45) is 3.15. The van der Waals surface area contributed by atoms with E-state index < -0.39 is 23.9 Å². The summed E-state index contributed by atoms with van der Waals surface area (Å²) in [6, 6.07) is -1.90. The smallest absolute Gasteiger partial charge is 0.246 e. The fourth-order valence-corrected chi connectivity index (χ4v) is 5.06. The van der Waals surface area contributed by atoms with Crippen molar-refractivity contribution >= 4 is 29.5 Å². The lowest BCUT2D eigenvalue weighted by molar-refractivity contribution is -0.134. The molecule has 0 bridgehead atoms. The molecule has 0 rings (SSSR count). The Morgan fingerprint density at radius 2 is 0.703 bits per heavy atom. The van der Waals surface area contributed by atoms with Crippen molar-refractivity contribution in [1.82, 2.24) is 26.6 Å². The zero-order valence-corrected chi connectivity index (χ0v) is 37.7. The van der Waals surface area contributed by atoms with Crippen molar-refractivity contribution in [2.24, 2.45) is 17.7 Å². The number of nitrogens with two attached hydrogens (primary N) is 3. The van der Waals surface area contributed by atoms with Gasteiger partial charge in [-0.05, 0) is 44.9 Å². The lowest BCUT2D eigenvalue weighted by atomic mass is 10.1. The van der Waals surface area contributed by atoms with Gasteiger partial charge in [-0.2, -0.15) is 0 Å². The van der Waals surface area contributed by atoms with E-state index >= 15 is 0 Å². The second-order valence-electron chi connectivity index (χ2n) is 13.6. The molecule has 0 saturated carbocycles. The average Bonchev–Trinajstić information content (AvgIpc) is 3.28. The SMILES string of the molecule is CCCNC(=O)C(CCCCNC(=O)COCCOCCOCCON)NC(=O)C(CCCCNC(=O)COCCOCCOCCON)NC(=O)COCCOCCOCCON. The number of nitrogens with one attached hydrogen (secondary N) is 5. The molecule has 0 aromatic rings. The van der Waals surface area contributed by atoms with Crippen molar-refractivity contribution in [3.8, 4) is 0 Å². The molecule has 0 heterocycles. The first-order valence-corrected chi connectivity index (χ1v) is 21.8. The van der Waals surface area contributed by atoms with E-state index in [2.05, 4.69) is 41.1 Å². The van der Waals surface area contributed by atoms with Gasteiger partial charge in [-0.1, -0.05) is 6.92 Å². The van der Waals surface area contributed by atoms with E-state index in [0.717, 1.165) is 0 Å². The van der Waals surface area contributed by atoms with Crippen LogP contribution in [0.15, 0.2) is 0 Å². The van der Waals surface area contributed by atoms with Gasteiger partial charge in [0.15, 0.2) is 0 Å². The van der Waals surface area contributed by atoms with E-state index in [0.29, 0.717) is 131 Å². The summed E-state index contributed by atoms with van der Waals surface area (Å²) in [5, 5.41) is 13.9. The van der Waals surface area contributed by atoms with Gasteiger partial charge in [0, 0.05) is 19.6 Å². The van der Waals surface area contributed by atoms with Gasteiger partial charge in [0.25, 0.3) is 0 Å². The first-order chi connectivity index (χ1) is 31.3. The van der Waals surface area contributed by atoms with Gasteiger partial charge >= 0.3 is 0 Å². The zero-order chi connectivity index (χ0) is 47.0. The van der Waals surface area contributed by atoms with Gasteiger partial charge in [-0.3, -0.25) is 24.0 Å². The molecule has 0 aromatic carbocycles. The number of hydrogen-bond acceptors (Lipinski definition) is 20. The molecular weight excluding hydrogens is 852 g/mol. The van der Waals surface area contributed by atoms with Crippen LogP contribution in [0.3, 0.4) is 0 Å². The van der Waals surface area contributed by atoms with Crippen LogP contribution in [-0.2, 0) is 81.1 Å². The van der Waals surface area contributed by atoms with Crippen LogP contribution in [0.25, 0.3) is 0 Å². The van der Waals surface area contributed by atoms with Crippen molar-refractivity contribution < 1.29 is 81.1 Å². The Morgan fingerprint density at radius 3 is 1.06 bits per heavy atom. The number of amides is 5. The Morgan fingerprint density at radius 1 is 0.375 bits per heavy atom. The van der Waals surface area contributed by atoms with E-state index in [9.17, 15) is 24.0 Å². The van der Waals surface area contributed by atoms with Gasteiger partial charge in [0.05, 0.1) is 119 Å². The molecule has 0 spiro atoms. The van der Waals surface area contributed by atoms with Gasteiger partial charge in [-0.15, -0.1) is 0 Å². The summed E-state index contributed by atoms with van der Waals surface area (Å²) in [4.78, 5) is 77.4. The van der Waals surface area contributed by atoms with Crippen LogP contribution >= 0.6 is 0 Å². The first kappa shape index (κ1) is 60.8. The quantitative estimate of drug-likeness (QED) is 0.0221. The highest BCUT2D eigenvalue weighted by Gasteiger charge is 2.26. The minimum atomic E-state index is -1.00. The number of rotatable bonds is 49. The molecule has 0 aliphatic heterocycles. The standard InChI is InChI=1S/C39H78N8O17/c1-2-9-45-38(51)33(7-3-5-10-43-35(48)30-59-21-18-53-12-15-56-24-27-62-40)47-39(52)34(46-37(50)32-61-23-20-55-14-17-58-26-29-64-42)8-4-6-11-44-36(49)31-60-22-19-54-13-16-57-25-28-63-41/h33-34H,2-32,40-42H2,1H3,(H,43,48)(H,44,49)(H,45,51)(H,46,50)(H,47,52). The van der Waals surface area contributed by atoms with Crippen molar-refractivity contribution in [3.63, 3.8) is 0 Å². The van der Waals surface area contributed by atoms with E-state index in [4.69, 9.17) is 60.3 Å². The predicted molar refractivity (Wildman–Crippen MR) is 229 cm³/mol. The van der Waals surface area contributed by atoms with Crippen LogP contribution in [-0.4, -0.2) is 200 Å². The summed E-state index contributed by atoms with van der Waals surface area (Å²) in [5.41, 5.74) is 0.